The quantitative estimate of drug-likeness (QED) is 0.512. The summed E-state index contributed by atoms with van der Waals surface area (Å²) in [7, 11) is -3.35. The van der Waals surface area contributed by atoms with Crippen LogP contribution in [0.4, 0.5) is 0 Å². The molecule has 1 amide bonds. The van der Waals surface area contributed by atoms with Gasteiger partial charge in [-0.05, 0) is 57.0 Å². The van der Waals surface area contributed by atoms with Crippen molar-refractivity contribution in [1.82, 2.24) is 19.5 Å². The number of fused-ring (bicyclic) bond motifs is 3. The second-order valence-corrected chi connectivity index (χ2v) is 11.7. The van der Waals surface area contributed by atoms with Gasteiger partial charge in [-0.3, -0.25) is 14.5 Å². The first-order valence-electron chi connectivity index (χ1n) is 11.9. The summed E-state index contributed by atoms with van der Waals surface area (Å²) >= 11 is 0. The van der Waals surface area contributed by atoms with Gasteiger partial charge in [0, 0.05) is 37.3 Å². The van der Waals surface area contributed by atoms with E-state index in [2.05, 4.69) is 14.9 Å². The number of piperidine rings is 1. The van der Waals surface area contributed by atoms with E-state index in [1.54, 1.807) is 10.6 Å². The molecule has 4 rings (SSSR count). The second-order valence-electron chi connectivity index (χ2n) is 9.88. The number of aromatic nitrogens is 1. The van der Waals surface area contributed by atoms with Gasteiger partial charge in [0.05, 0.1) is 17.9 Å². The van der Waals surface area contributed by atoms with Crippen LogP contribution in [0.5, 0.6) is 0 Å². The predicted molar refractivity (Wildman–Crippen MR) is 131 cm³/mol. The van der Waals surface area contributed by atoms with E-state index in [0.717, 1.165) is 42.8 Å². The van der Waals surface area contributed by atoms with Gasteiger partial charge in [-0.15, -0.1) is 0 Å². The summed E-state index contributed by atoms with van der Waals surface area (Å²) in [6.07, 6.45) is 3.69. The highest BCUT2D eigenvalue weighted by Gasteiger charge is 2.41. The third kappa shape index (κ3) is 5.35. The van der Waals surface area contributed by atoms with Crippen molar-refractivity contribution in [3.63, 3.8) is 0 Å². The molecule has 34 heavy (non-hydrogen) atoms. The minimum absolute atomic E-state index is 0.0149. The van der Waals surface area contributed by atoms with Crippen molar-refractivity contribution in [3.05, 3.63) is 46.2 Å². The largest absolute Gasteiger partial charge is 0.390 e. The Morgan fingerprint density at radius 1 is 1.18 bits per heavy atom. The summed E-state index contributed by atoms with van der Waals surface area (Å²) in [5, 5.41) is 14.2. The van der Waals surface area contributed by atoms with E-state index < -0.39 is 16.1 Å². The third-order valence-corrected chi connectivity index (χ3v) is 7.62. The van der Waals surface area contributed by atoms with Gasteiger partial charge < -0.3 is 15.0 Å². The predicted octanol–water partition coefficient (Wildman–Crippen LogP) is 1.22. The molecule has 1 aromatic heterocycles. The van der Waals surface area contributed by atoms with Gasteiger partial charge >= 0.3 is 0 Å². The van der Waals surface area contributed by atoms with Crippen LogP contribution in [0.25, 0.3) is 10.9 Å². The summed E-state index contributed by atoms with van der Waals surface area (Å²) in [6.45, 7) is 4.24. The zero-order chi connectivity index (χ0) is 24.6. The molecule has 2 aliphatic rings. The Morgan fingerprint density at radius 2 is 1.82 bits per heavy atom. The first kappa shape index (κ1) is 24.8. The number of aliphatic hydroxyl groups excluding tert-OH is 1. The Balaban J connectivity index is 1.44. The summed E-state index contributed by atoms with van der Waals surface area (Å²) in [4.78, 5) is 28.6. The molecular formula is C24H34N4O5S. The van der Waals surface area contributed by atoms with Crippen molar-refractivity contribution in [2.24, 2.45) is 0 Å². The number of hydrogen-bond acceptors (Lipinski definition) is 6. The van der Waals surface area contributed by atoms with Crippen LogP contribution < -0.4 is 15.6 Å². The molecule has 10 heteroatoms. The number of nitrogens with zero attached hydrogens (tertiary/aromatic N) is 2. The first-order chi connectivity index (χ1) is 16.0. The average molecular weight is 491 g/mol. The zero-order valence-electron chi connectivity index (χ0n) is 19.9. The van der Waals surface area contributed by atoms with Gasteiger partial charge in [-0.2, -0.15) is 0 Å². The lowest BCUT2D eigenvalue weighted by molar-refractivity contribution is 0.0523. The van der Waals surface area contributed by atoms with Crippen molar-refractivity contribution >= 4 is 26.8 Å². The van der Waals surface area contributed by atoms with Gasteiger partial charge in [0.15, 0.2) is 0 Å². The molecule has 186 valence electrons. The SMILES string of the molecule is CC(C)n1c(=O)c(C(=O)N[C@@H]2C[C@H]3CC[C@@H](C2)N3C[C@@H](O)CNS(C)(=O)=O)cc2ccccc21. The molecule has 3 N–H and O–H groups in total. The van der Waals surface area contributed by atoms with E-state index in [4.69, 9.17) is 0 Å². The minimum Gasteiger partial charge on any atom is -0.390 e. The number of amides is 1. The van der Waals surface area contributed by atoms with E-state index in [1.165, 1.54) is 0 Å². The average Bonchev–Trinajstić information content (AvgIpc) is 2.98. The molecule has 2 bridgehead atoms. The van der Waals surface area contributed by atoms with Crippen LogP contribution >= 0.6 is 0 Å². The Morgan fingerprint density at radius 3 is 2.44 bits per heavy atom. The van der Waals surface area contributed by atoms with Crippen LogP contribution in [-0.4, -0.2) is 72.5 Å². The van der Waals surface area contributed by atoms with Crippen molar-refractivity contribution in [3.8, 4) is 0 Å². The standard InChI is InChI=1S/C24H34N4O5S/c1-15(2)28-22-7-5-4-6-16(22)10-21(24(28)31)23(30)26-17-11-18-8-9-19(12-17)27(18)14-20(29)13-25-34(3,32)33/h4-7,10,15,17-20,25,29H,8-9,11-14H2,1-3H3,(H,26,30)/t17-,18-,19+,20-/m0/s1. The lowest BCUT2D eigenvalue weighted by atomic mass is 9.96. The fraction of sp³-hybridized carbons (Fsp3) is 0.583. The summed E-state index contributed by atoms with van der Waals surface area (Å²) in [6, 6.07) is 9.56. The Kier molecular flexibility index (Phi) is 7.14. The number of nitrogens with one attached hydrogen (secondary N) is 2. The van der Waals surface area contributed by atoms with Crippen molar-refractivity contribution in [1.29, 1.82) is 0 Å². The summed E-state index contributed by atoms with van der Waals surface area (Å²) < 4.78 is 26.6. The van der Waals surface area contributed by atoms with Crippen LogP contribution in [0.2, 0.25) is 0 Å². The fourth-order valence-electron chi connectivity index (χ4n) is 5.47. The molecular weight excluding hydrogens is 456 g/mol. The molecule has 4 atom stereocenters. The number of aliphatic hydroxyl groups is 1. The normalized spacial score (nSPS) is 24.0. The van der Waals surface area contributed by atoms with E-state index >= 15 is 0 Å². The number of carbonyl (C=O) groups is 1. The molecule has 0 aliphatic carbocycles. The van der Waals surface area contributed by atoms with Gasteiger partial charge in [0.25, 0.3) is 11.5 Å². The molecule has 2 fully saturated rings. The monoisotopic (exact) mass is 490 g/mol. The number of para-hydroxylation sites is 1. The fourth-order valence-corrected chi connectivity index (χ4v) is 5.96. The topological polar surface area (TPSA) is 121 Å². The first-order valence-corrected chi connectivity index (χ1v) is 13.8. The lowest BCUT2D eigenvalue weighted by Gasteiger charge is -2.40. The summed E-state index contributed by atoms with van der Waals surface area (Å²) in [5.74, 6) is -0.347. The molecule has 2 aromatic rings. The van der Waals surface area contributed by atoms with Gasteiger partial charge in [-0.1, -0.05) is 18.2 Å². The number of rotatable bonds is 8. The number of sulfonamides is 1. The molecule has 1 aromatic carbocycles. The molecule has 2 saturated heterocycles. The van der Waals surface area contributed by atoms with Gasteiger partial charge in [0.2, 0.25) is 10.0 Å². The molecule has 2 aliphatic heterocycles. The Bertz CT molecular complexity index is 1210. The van der Waals surface area contributed by atoms with E-state index in [0.29, 0.717) is 6.54 Å². The van der Waals surface area contributed by atoms with Gasteiger partial charge in [-0.25, -0.2) is 13.1 Å². The smallest absolute Gasteiger partial charge is 0.264 e. The number of benzene rings is 1. The lowest BCUT2D eigenvalue weighted by Crippen LogP contribution is -2.53. The van der Waals surface area contributed by atoms with Crippen LogP contribution in [0, 0.1) is 0 Å². The minimum atomic E-state index is -3.35. The highest BCUT2D eigenvalue weighted by Crippen LogP contribution is 2.35. The highest BCUT2D eigenvalue weighted by atomic mass is 32.2. The maximum atomic E-state index is 13.2. The second kappa shape index (κ2) is 9.77. The molecule has 0 spiro atoms. The maximum absolute atomic E-state index is 13.2. The van der Waals surface area contributed by atoms with E-state index in [1.807, 2.05) is 38.1 Å². The molecule has 0 radical (unpaired) electrons. The Labute approximate surface area is 200 Å². The van der Waals surface area contributed by atoms with Crippen LogP contribution in [-0.2, 0) is 10.0 Å². The van der Waals surface area contributed by atoms with E-state index in [9.17, 15) is 23.1 Å². The molecule has 0 unspecified atom stereocenters. The van der Waals surface area contributed by atoms with E-state index in [-0.39, 0.29) is 47.7 Å². The maximum Gasteiger partial charge on any atom is 0.264 e. The Hall–Kier alpha value is -2.27. The third-order valence-electron chi connectivity index (χ3n) is 6.93. The number of hydrogen-bond donors (Lipinski definition) is 3. The molecule has 9 nitrogen and oxygen atoms in total. The van der Waals surface area contributed by atoms with Crippen molar-refractivity contribution < 1.29 is 18.3 Å². The van der Waals surface area contributed by atoms with Crippen LogP contribution in [0.1, 0.15) is 55.9 Å². The summed E-state index contributed by atoms with van der Waals surface area (Å²) in [5.41, 5.74) is 0.687. The van der Waals surface area contributed by atoms with Crippen molar-refractivity contribution in [2.75, 3.05) is 19.3 Å². The van der Waals surface area contributed by atoms with Crippen LogP contribution in [0.15, 0.2) is 35.1 Å². The molecule has 0 saturated carbocycles. The number of carbonyl (C=O) groups excluding carboxylic acids is 1. The highest BCUT2D eigenvalue weighted by molar-refractivity contribution is 7.88. The molecule has 3 heterocycles. The van der Waals surface area contributed by atoms with Gasteiger partial charge in [0.1, 0.15) is 5.56 Å². The van der Waals surface area contributed by atoms with Crippen molar-refractivity contribution in [2.45, 2.75) is 69.8 Å². The van der Waals surface area contributed by atoms with Crippen LogP contribution in [0.3, 0.4) is 0 Å². The zero-order valence-corrected chi connectivity index (χ0v) is 20.7. The number of pyridine rings is 1.